The molecule has 0 saturated carbocycles. The number of ether oxygens (including phenoxy) is 2. The Morgan fingerprint density at radius 2 is 1.93 bits per heavy atom. The lowest BCUT2D eigenvalue weighted by atomic mass is 10.1. The predicted octanol–water partition coefficient (Wildman–Crippen LogP) is 4.88. The minimum Gasteiger partial charge on any atom is -0.493 e. The number of aryl methyl sites for hydroxylation is 2. The number of carbonyl (C=O) groups is 1. The number of thiocarbonyl (C=S) groups is 1. The maximum atomic E-state index is 11.9. The second kappa shape index (κ2) is 12.1. The van der Waals surface area contributed by atoms with Crippen LogP contribution in [0.5, 0.6) is 5.75 Å². The molecular formula is C23H30N2O3S. The van der Waals surface area contributed by atoms with Gasteiger partial charge in [-0.05, 0) is 74.7 Å². The van der Waals surface area contributed by atoms with Crippen molar-refractivity contribution >= 4 is 29.0 Å². The number of anilines is 1. The van der Waals surface area contributed by atoms with E-state index in [0.29, 0.717) is 17.3 Å². The summed E-state index contributed by atoms with van der Waals surface area (Å²) in [5, 5.41) is 6.93. The molecule has 156 valence electrons. The maximum Gasteiger partial charge on any atom is 0.338 e. The van der Waals surface area contributed by atoms with E-state index in [4.69, 9.17) is 21.7 Å². The van der Waals surface area contributed by atoms with E-state index in [1.165, 1.54) is 5.56 Å². The van der Waals surface area contributed by atoms with Gasteiger partial charge in [0.15, 0.2) is 5.11 Å². The SMILES string of the molecule is CCCOc1ccccc1CCCNC(=S)Nc1cc(C(=O)OCC)ccc1C. The van der Waals surface area contributed by atoms with Crippen LogP contribution in [-0.4, -0.2) is 30.8 Å². The minimum absolute atomic E-state index is 0.335. The molecule has 2 aromatic rings. The van der Waals surface area contributed by atoms with Crippen LogP contribution in [0, 0.1) is 6.92 Å². The highest BCUT2D eigenvalue weighted by molar-refractivity contribution is 7.80. The van der Waals surface area contributed by atoms with Crippen molar-refractivity contribution in [2.45, 2.75) is 40.0 Å². The summed E-state index contributed by atoms with van der Waals surface area (Å²) in [5.74, 6) is 0.625. The van der Waals surface area contributed by atoms with Crippen molar-refractivity contribution in [2.24, 2.45) is 0 Å². The summed E-state index contributed by atoms with van der Waals surface area (Å²) in [5.41, 5.74) is 3.52. The standard InChI is InChI=1S/C23H30N2O3S/c1-4-15-28-21-11-7-6-9-18(21)10-8-14-24-23(29)25-20-16-19(13-12-17(20)3)22(26)27-5-2/h6-7,9,11-13,16H,4-5,8,10,14-15H2,1-3H3,(H2,24,25,29). The van der Waals surface area contributed by atoms with Gasteiger partial charge in [0.05, 0.1) is 18.8 Å². The lowest BCUT2D eigenvalue weighted by Crippen LogP contribution is -2.29. The van der Waals surface area contributed by atoms with Gasteiger partial charge in [-0.1, -0.05) is 31.2 Å². The van der Waals surface area contributed by atoms with E-state index < -0.39 is 0 Å². The van der Waals surface area contributed by atoms with Crippen LogP contribution in [0.1, 0.15) is 48.2 Å². The summed E-state index contributed by atoms with van der Waals surface area (Å²) >= 11 is 5.41. The first kappa shape index (κ1) is 22.7. The van der Waals surface area contributed by atoms with Crippen molar-refractivity contribution in [3.63, 3.8) is 0 Å². The highest BCUT2D eigenvalue weighted by Crippen LogP contribution is 2.20. The Morgan fingerprint density at radius 3 is 2.69 bits per heavy atom. The van der Waals surface area contributed by atoms with Crippen molar-refractivity contribution < 1.29 is 14.3 Å². The molecule has 2 N–H and O–H groups in total. The van der Waals surface area contributed by atoms with E-state index in [1.54, 1.807) is 19.1 Å². The third-order valence-corrected chi connectivity index (χ3v) is 4.59. The van der Waals surface area contributed by atoms with E-state index in [1.807, 2.05) is 31.2 Å². The molecule has 5 nitrogen and oxygen atoms in total. The molecule has 0 aromatic heterocycles. The first-order valence-electron chi connectivity index (χ1n) is 10.1. The second-order valence-corrected chi connectivity index (χ2v) is 7.10. The Bertz CT molecular complexity index is 824. The van der Waals surface area contributed by atoms with Crippen molar-refractivity contribution in [3.8, 4) is 5.75 Å². The summed E-state index contributed by atoms with van der Waals surface area (Å²) < 4.78 is 10.9. The van der Waals surface area contributed by atoms with Gasteiger partial charge in [-0.15, -0.1) is 0 Å². The molecule has 0 fully saturated rings. The second-order valence-electron chi connectivity index (χ2n) is 6.69. The molecule has 29 heavy (non-hydrogen) atoms. The fraction of sp³-hybridized carbons (Fsp3) is 0.391. The van der Waals surface area contributed by atoms with Crippen LogP contribution in [0.15, 0.2) is 42.5 Å². The van der Waals surface area contributed by atoms with Crippen molar-refractivity contribution in [3.05, 3.63) is 59.2 Å². The van der Waals surface area contributed by atoms with Crippen LogP contribution in [0.4, 0.5) is 5.69 Å². The number of esters is 1. The molecule has 0 aliphatic rings. The lowest BCUT2D eigenvalue weighted by molar-refractivity contribution is 0.0526. The highest BCUT2D eigenvalue weighted by atomic mass is 32.1. The Kier molecular flexibility index (Phi) is 9.44. The van der Waals surface area contributed by atoms with E-state index in [-0.39, 0.29) is 5.97 Å². The van der Waals surface area contributed by atoms with Gasteiger partial charge in [0.1, 0.15) is 5.75 Å². The Labute approximate surface area is 178 Å². The topological polar surface area (TPSA) is 59.6 Å². The van der Waals surface area contributed by atoms with E-state index >= 15 is 0 Å². The average Bonchev–Trinajstić information content (AvgIpc) is 2.72. The molecule has 2 rings (SSSR count). The van der Waals surface area contributed by atoms with Gasteiger partial charge >= 0.3 is 5.97 Å². The van der Waals surface area contributed by atoms with Crippen LogP contribution < -0.4 is 15.4 Å². The van der Waals surface area contributed by atoms with E-state index in [2.05, 4.69) is 23.6 Å². The molecule has 0 amide bonds. The zero-order valence-corrected chi connectivity index (χ0v) is 18.2. The van der Waals surface area contributed by atoms with Crippen molar-refractivity contribution in [1.29, 1.82) is 0 Å². The van der Waals surface area contributed by atoms with Gasteiger partial charge in [-0.2, -0.15) is 0 Å². The number of hydrogen-bond donors (Lipinski definition) is 2. The summed E-state index contributed by atoms with van der Waals surface area (Å²) in [6.45, 7) is 7.68. The summed E-state index contributed by atoms with van der Waals surface area (Å²) in [4.78, 5) is 11.9. The highest BCUT2D eigenvalue weighted by Gasteiger charge is 2.10. The van der Waals surface area contributed by atoms with Crippen LogP contribution in [-0.2, 0) is 11.2 Å². The molecule has 0 heterocycles. The summed E-state index contributed by atoms with van der Waals surface area (Å²) in [6, 6.07) is 13.6. The number of nitrogens with one attached hydrogen (secondary N) is 2. The minimum atomic E-state index is -0.335. The Balaban J connectivity index is 1.84. The number of para-hydroxylation sites is 1. The lowest BCUT2D eigenvalue weighted by Gasteiger charge is -2.14. The molecule has 0 aliphatic heterocycles. The molecule has 0 bridgehead atoms. The molecule has 0 atom stereocenters. The van der Waals surface area contributed by atoms with Gasteiger partial charge in [0, 0.05) is 12.2 Å². The maximum absolute atomic E-state index is 11.9. The molecular weight excluding hydrogens is 384 g/mol. The number of carbonyl (C=O) groups excluding carboxylic acids is 1. The van der Waals surface area contributed by atoms with Gasteiger partial charge in [0.25, 0.3) is 0 Å². The Morgan fingerprint density at radius 1 is 1.14 bits per heavy atom. The largest absolute Gasteiger partial charge is 0.493 e. The number of hydrogen-bond acceptors (Lipinski definition) is 4. The number of rotatable bonds is 10. The zero-order valence-electron chi connectivity index (χ0n) is 17.4. The van der Waals surface area contributed by atoms with Crippen LogP contribution >= 0.6 is 12.2 Å². The summed E-state index contributed by atoms with van der Waals surface area (Å²) in [7, 11) is 0. The molecule has 0 unspecified atom stereocenters. The molecule has 0 saturated heterocycles. The average molecular weight is 415 g/mol. The molecule has 0 aliphatic carbocycles. The Hall–Kier alpha value is -2.60. The zero-order chi connectivity index (χ0) is 21.1. The van der Waals surface area contributed by atoms with Gasteiger partial charge in [-0.25, -0.2) is 4.79 Å². The normalized spacial score (nSPS) is 10.3. The molecule has 6 heteroatoms. The molecule has 0 spiro atoms. The summed E-state index contributed by atoms with van der Waals surface area (Å²) in [6.07, 6.45) is 2.83. The smallest absolute Gasteiger partial charge is 0.338 e. The van der Waals surface area contributed by atoms with Crippen LogP contribution in [0.2, 0.25) is 0 Å². The van der Waals surface area contributed by atoms with Gasteiger partial charge in [0.2, 0.25) is 0 Å². The van der Waals surface area contributed by atoms with Crippen molar-refractivity contribution in [2.75, 3.05) is 25.1 Å². The van der Waals surface area contributed by atoms with E-state index in [0.717, 1.165) is 49.4 Å². The molecule has 0 radical (unpaired) electrons. The fourth-order valence-corrected chi connectivity index (χ4v) is 3.02. The monoisotopic (exact) mass is 414 g/mol. The van der Waals surface area contributed by atoms with Crippen LogP contribution in [0.25, 0.3) is 0 Å². The quantitative estimate of drug-likeness (QED) is 0.328. The predicted molar refractivity (Wildman–Crippen MR) is 122 cm³/mol. The number of benzene rings is 2. The third-order valence-electron chi connectivity index (χ3n) is 4.34. The van der Waals surface area contributed by atoms with Crippen LogP contribution in [0.3, 0.4) is 0 Å². The first-order valence-corrected chi connectivity index (χ1v) is 10.5. The first-order chi connectivity index (χ1) is 14.0. The fourth-order valence-electron chi connectivity index (χ4n) is 2.81. The van der Waals surface area contributed by atoms with Gasteiger partial charge < -0.3 is 20.1 Å². The third kappa shape index (κ3) is 7.38. The molecule has 2 aromatic carbocycles. The van der Waals surface area contributed by atoms with Gasteiger partial charge in [-0.3, -0.25) is 0 Å². The van der Waals surface area contributed by atoms with Crippen molar-refractivity contribution in [1.82, 2.24) is 5.32 Å². The van der Waals surface area contributed by atoms with E-state index in [9.17, 15) is 4.79 Å².